The van der Waals surface area contributed by atoms with Crippen molar-refractivity contribution >= 4 is 0 Å². The normalized spacial score (nSPS) is 12.5. The number of benzene rings is 1. The number of hydrogen-bond donors (Lipinski definition) is 1. The molecule has 0 heterocycles. The lowest BCUT2D eigenvalue weighted by atomic mass is 10.1. The van der Waals surface area contributed by atoms with Gasteiger partial charge in [-0.15, -0.1) is 0 Å². The largest absolute Gasteiger partial charge is 0.468 e. The zero-order chi connectivity index (χ0) is 10.4. The molecule has 0 spiro atoms. The Morgan fingerprint density at radius 3 is 2.43 bits per heavy atom. The third kappa shape index (κ3) is 3.36. The summed E-state index contributed by atoms with van der Waals surface area (Å²) in [7, 11) is 0. The molecule has 0 fully saturated rings. The van der Waals surface area contributed by atoms with Gasteiger partial charge in [0, 0.05) is 12.6 Å². The van der Waals surface area contributed by atoms with Gasteiger partial charge >= 0.3 is 0 Å². The van der Waals surface area contributed by atoms with E-state index >= 15 is 0 Å². The van der Waals surface area contributed by atoms with Gasteiger partial charge in [0.15, 0.2) is 6.79 Å². The second-order valence-corrected chi connectivity index (χ2v) is 3.11. The maximum atomic E-state index is 5.72. The van der Waals surface area contributed by atoms with Crippen molar-refractivity contribution in [3.8, 4) is 5.75 Å². The Kier molecular flexibility index (Phi) is 4.43. The summed E-state index contributed by atoms with van der Waals surface area (Å²) in [6.07, 6.45) is 0. The maximum absolute atomic E-state index is 5.72. The molecule has 1 atom stereocenters. The molecule has 0 aliphatic heterocycles. The van der Waals surface area contributed by atoms with Crippen molar-refractivity contribution in [1.82, 2.24) is 0 Å². The average Bonchev–Trinajstić information content (AvgIpc) is 2.19. The quantitative estimate of drug-likeness (QED) is 0.578. The molecule has 78 valence electrons. The number of rotatable bonds is 5. The predicted molar refractivity (Wildman–Crippen MR) is 56.2 cm³/mol. The molecule has 0 bridgehead atoms. The minimum atomic E-state index is 0.0657. The molecule has 0 unspecified atom stereocenters. The van der Waals surface area contributed by atoms with E-state index in [0.717, 1.165) is 11.3 Å². The van der Waals surface area contributed by atoms with Crippen LogP contribution in [-0.4, -0.2) is 13.4 Å². The molecule has 1 aromatic rings. The van der Waals surface area contributed by atoms with E-state index in [9.17, 15) is 0 Å². The van der Waals surface area contributed by atoms with Crippen molar-refractivity contribution in [3.05, 3.63) is 29.8 Å². The predicted octanol–water partition coefficient (Wildman–Crippen LogP) is 2.08. The van der Waals surface area contributed by atoms with Gasteiger partial charge in [-0.05, 0) is 31.5 Å². The molecule has 0 aromatic heterocycles. The Morgan fingerprint density at radius 1 is 1.29 bits per heavy atom. The SMILES string of the molecule is CCOCOc1ccc([C@H](C)N)cc1. The zero-order valence-electron chi connectivity index (χ0n) is 8.69. The van der Waals surface area contributed by atoms with Crippen LogP contribution in [0.2, 0.25) is 0 Å². The number of ether oxygens (including phenoxy) is 2. The van der Waals surface area contributed by atoms with Gasteiger partial charge in [-0.3, -0.25) is 0 Å². The first-order valence-electron chi connectivity index (χ1n) is 4.80. The number of hydrogen-bond acceptors (Lipinski definition) is 3. The van der Waals surface area contributed by atoms with E-state index in [-0.39, 0.29) is 6.04 Å². The van der Waals surface area contributed by atoms with Gasteiger partial charge in [0.25, 0.3) is 0 Å². The lowest BCUT2D eigenvalue weighted by molar-refractivity contribution is 0.0224. The van der Waals surface area contributed by atoms with Crippen LogP contribution in [0.1, 0.15) is 25.5 Å². The van der Waals surface area contributed by atoms with Gasteiger partial charge in [-0.2, -0.15) is 0 Å². The van der Waals surface area contributed by atoms with Crippen LogP contribution in [0.15, 0.2) is 24.3 Å². The minimum absolute atomic E-state index is 0.0657. The summed E-state index contributed by atoms with van der Waals surface area (Å²) in [5.41, 5.74) is 6.83. The molecule has 0 aliphatic carbocycles. The fraction of sp³-hybridized carbons (Fsp3) is 0.455. The van der Waals surface area contributed by atoms with Crippen molar-refractivity contribution < 1.29 is 9.47 Å². The Hall–Kier alpha value is -1.06. The molecule has 0 amide bonds. The van der Waals surface area contributed by atoms with Gasteiger partial charge in [0.2, 0.25) is 0 Å². The summed E-state index contributed by atoms with van der Waals surface area (Å²) < 4.78 is 10.4. The molecule has 1 rings (SSSR count). The highest BCUT2D eigenvalue weighted by atomic mass is 16.7. The van der Waals surface area contributed by atoms with Crippen LogP contribution in [0.3, 0.4) is 0 Å². The molecule has 2 N–H and O–H groups in total. The molecular weight excluding hydrogens is 178 g/mol. The van der Waals surface area contributed by atoms with E-state index in [4.69, 9.17) is 15.2 Å². The van der Waals surface area contributed by atoms with Crippen LogP contribution in [0, 0.1) is 0 Å². The van der Waals surface area contributed by atoms with E-state index in [2.05, 4.69) is 0 Å². The third-order valence-electron chi connectivity index (χ3n) is 1.92. The second-order valence-electron chi connectivity index (χ2n) is 3.11. The summed E-state index contributed by atoms with van der Waals surface area (Å²) >= 11 is 0. The lowest BCUT2D eigenvalue weighted by Gasteiger charge is -2.08. The molecule has 3 nitrogen and oxygen atoms in total. The van der Waals surface area contributed by atoms with Crippen LogP contribution in [0.5, 0.6) is 5.75 Å². The maximum Gasteiger partial charge on any atom is 0.189 e. The Labute approximate surface area is 84.8 Å². The van der Waals surface area contributed by atoms with Crippen LogP contribution in [-0.2, 0) is 4.74 Å². The first kappa shape index (κ1) is 11.0. The van der Waals surface area contributed by atoms with Crippen LogP contribution in [0.25, 0.3) is 0 Å². The van der Waals surface area contributed by atoms with Crippen molar-refractivity contribution in [2.24, 2.45) is 5.73 Å². The zero-order valence-corrected chi connectivity index (χ0v) is 8.69. The minimum Gasteiger partial charge on any atom is -0.468 e. The van der Waals surface area contributed by atoms with Gasteiger partial charge in [-0.25, -0.2) is 0 Å². The van der Waals surface area contributed by atoms with Gasteiger partial charge in [0.1, 0.15) is 5.75 Å². The summed E-state index contributed by atoms with van der Waals surface area (Å²) in [6, 6.07) is 7.80. The fourth-order valence-electron chi connectivity index (χ4n) is 1.06. The van der Waals surface area contributed by atoms with E-state index < -0.39 is 0 Å². The molecule has 0 saturated carbocycles. The van der Waals surface area contributed by atoms with Gasteiger partial charge in [0.05, 0.1) is 0 Å². The third-order valence-corrected chi connectivity index (χ3v) is 1.92. The standard InChI is InChI=1S/C11H17NO2/c1-3-13-8-14-11-6-4-10(5-7-11)9(2)12/h4-7,9H,3,8,12H2,1-2H3/t9-/m0/s1. The summed E-state index contributed by atoms with van der Waals surface area (Å²) in [5.74, 6) is 0.808. The van der Waals surface area contributed by atoms with E-state index in [0.29, 0.717) is 13.4 Å². The first-order valence-corrected chi connectivity index (χ1v) is 4.80. The highest BCUT2D eigenvalue weighted by Gasteiger charge is 1.98. The van der Waals surface area contributed by atoms with Crippen LogP contribution >= 0.6 is 0 Å². The molecule has 3 heteroatoms. The van der Waals surface area contributed by atoms with Crippen molar-refractivity contribution in [3.63, 3.8) is 0 Å². The molecule has 0 radical (unpaired) electrons. The Balaban J connectivity index is 2.47. The highest BCUT2D eigenvalue weighted by Crippen LogP contribution is 2.15. The monoisotopic (exact) mass is 195 g/mol. The second kappa shape index (κ2) is 5.62. The molecular formula is C11H17NO2. The smallest absolute Gasteiger partial charge is 0.189 e. The summed E-state index contributed by atoms with van der Waals surface area (Å²) in [5, 5.41) is 0. The van der Waals surface area contributed by atoms with E-state index in [1.807, 2.05) is 38.1 Å². The topological polar surface area (TPSA) is 44.5 Å². The molecule has 0 aliphatic rings. The summed E-state index contributed by atoms with van der Waals surface area (Å²) in [6.45, 7) is 4.85. The van der Waals surface area contributed by atoms with E-state index in [1.54, 1.807) is 0 Å². The Morgan fingerprint density at radius 2 is 1.93 bits per heavy atom. The average molecular weight is 195 g/mol. The van der Waals surface area contributed by atoms with Crippen LogP contribution < -0.4 is 10.5 Å². The molecule has 0 saturated heterocycles. The molecule has 14 heavy (non-hydrogen) atoms. The Bertz CT molecular complexity index is 256. The van der Waals surface area contributed by atoms with Crippen molar-refractivity contribution in [2.75, 3.05) is 13.4 Å². The lowest BCUT2D eigenvalue weighted by Crippen LogP contribution is -2.05. The van der Waals surface area contributed by atoms with Gasteiger partial charge in [-0.1, -0.05) is 12.1 Å². The molecule has 1 aromatic carbocycles. The fourth-order valence-corrected chi connectivity index (χ4v) is 1.06. The van der Waals surface area contributed by atoms with Crippen LogP contribution in [0.4, 0.5) is 0 Å². The highest BCUT2D eigenvalue weighted by molar-refractivity contribution is 5.28. The van der Waals surface area contributed by atoms with E-state index in [1.165, 1.54) is 0 Å². The summed E-state index contributed by atoms with van der Waals surface area (Å²) in [4.78, 5) is 0. The van der Waals surface area contributed by atoms with Crippen molar-refractivity contribution in [2.45, 2.75) is 19.9 Å². The van der Waals surface area contributed by atoms with Crippen molar-refractivity contribution in [1.29, 1.82) is 0 Å². The van der Waals surface area contributed by atoms with Gasteiger partial charge < -0.3 is 15.2 Å². The number of nitrogens with two attached hydrogens (primary N) is 1. The first-order chi connectivity index (χ1) is 6.74.